The van der Waals surface area contributed by atoms with Gasteiger partial charge >= 0.3 is 88.7 Å². The standard InChI is InChI=1S/3C10H20O2.3Na/c3*1-2-3-4-5-6-7-8-9-10(11)12;;;/h3*2-9H2,1H3,(H,11,12);;;/q;;;3*+1/p-3. The third-order valence-corrected chi connectivity index (χ3v) is 5.95. The van der Waals surface area contributed by atoms with E-state index >= 15 is 0 Å². The quantitative estimate of drug-likeness (QED) is 0.0867. The normalized spacial score (nSPS) is 9.31. The van der Waals surface area contributed by atoms with Crippen molar-refractivity contribution in [1.82, 2.24) is 0 Å². The molecular weight excluding hydrogens is 525 g/mol. The number of rotatable bonds is 24. The van der Waals surface area contributed by atoms with Crippen molar-refractivity contribution >= 4 is 17.9 Å². The number of carbonyl (C=O) groups excluding carboxylic acids is 3. The largest absolute Gasteiger partial charge is 1.00 e. The van der Waals surface area contributed by atoms with Crippen LogP contribution in [0.5, 0.6) is 0 Å². The van der Waals surface area contributed by atoms with E-state index in [1.54, 1.807) is 0 Å². The first kappa shape index (κ1) is 53.0. The molecule has 216 valence electrons. The van der Waals surface area contributed by atoms with Crippen LogP contribution in [0.1, 0.15) is 175 Å². The van der Waals surface area contributed by atoms with E-state index in [1.807, 2.05) is 0 Å². The zero-order valence-electron chi connectivity index (χ0n) is 26.9. The number of unbranched alkanes of at least 4 members (excludes halogenated alkanes) is 18. The van der Waals surface area contributed by atoms with Crippen LogP contribution >= 0.6 is 0 Å². The fourth-order valence-corrected chi connectivity index (χ4v) is 3.68. The predicted octanol–water partition coefficient (Wildman–Crippen LogP) is -3.36. The van der Waals surface area contributed by atoms with Crippen LogP contribution in [0, 0.1) is 0 Å². The van der Waals surface area contributed by atoms with Crippen molar-refractivity contribution in [1.29, 1.82) is 0 Å². The molecule has 0 aliphatic heterocycles. The summed E-state index contributed by atoms with van der Waals surface area (Å²) in [5.41, 5.74) is 0. The minimum Gasteiger partial charge on any atom is -0.550 e. The summed E-state index contributed by atoms with van der Waals surface area (Å²) >= 11 is 0. The van der Waals surface area contributed by atoms with Gasteiger partial charge < -0.3 is 29.7 Å². The van der Waals surface area contributed by atoms with E-state index in [9.17, 15) is 29.7 Å². The molecule has 0 fully saturated rings. The SMILES string of the molecule is CCCCCCCCCC(=O)[O-].CCCCCCCCCC(=O)[O-].CCCCCCCCCC(=O)[O-].[Na+].[Na+].[Na+]. The Balaban J connectivity index is -0.000000101. The Bertz CT molecular complexity index is 413. The second kappa shape index (κ2) is 49.1. The summed E-state index contributed by atoms with van der Waals surface area (Å²) in [7, 11) is 0. The van der Waals surface area contributed by atoms with Crippen LogP contribution in [0.4, 0.5) is 0 Å². The minimum absolute atomic E-state index is 0. The van der Waals surface area contributed by atoms with Gasteiger partial charge in [0.25, 0.3) is 0 Å². The summed E-state index contributed by atoms with van der Waals surface area (Å²) in [5.74, 6) is -2.74. The molecule has 0 saturated heterocycles. The van der Waals surface area contributed by atoms with E-state index in [4.69, 9.17) is 0 Å². The van der Waals surface area contributed by atoms with E-state index in [2.05, 4.69) is 20.8 Å². The van der Waals surface area contributed by atoms with Gasteiger partial charge in [0.15, 0.2) is 0 Å². The molecule has 0 heterocycles. The first-order chi connectivity index (χ1) is 17.3. The second-order valence-electron chi connectivity index (χ2n) is 9.73. The van der Waals surface area contributed by atoms with E-state index < -0.39 is 17.9 Å². The van der Waals surface area contributed by atoms with Crippen LogP contribution < -0.4 is 104 Å². The third-order valence-electron chi connectivity index (χ3n) is 5.95. The molecule has 0 atom stereocenters. The minimum atomic E-state index is -0.913. The first-order valence-corrected chi connectivity index (χ1v) is 14.9. The maximum atomic E-state index is 10.0. The molecule has 0 spiro atoms. The fraction of sp³-hybridized carbons (Fsp3) is 0.900. The zero-order chi connectivity index (χ0) is 27.7. The van der Waals surface area contributed by atoms with Crippen molar-refractivity contribution in [2.75, 3.05) is 0 Å². The van der Waals surface area contributed by atoms with Gasteiger partial charge in [-0.05, 0) is 38.5 Å². The molecule has 0 radical (unpaired) electrons. The number of hydrogen-bond acceptors (Lipinski definition) is 6. The Labute approximate surface area is 307 Å². The molecule has 0 rings (SSSR count). The van der Waals surface area contributed by atoms with Crippen molar-refractivity contribution in [3.63, 3.8) is 0 Å². The molecule has 0 amide bonds. The van der Waals surface area contributed by atoms with Crippen molar-refractivity contribution in [2.24, 2.45) is 0 Å². The summed E-state index contributed by atoms with van der Waals surface area (Å²) in [4.78, 5) is 30.1. The molecular formula is C30H57Na3O6. The Morgan fingerprint density at radius 1 is 0.333 bits per heavy atom. The molecule has 0 aromatic rings. The third kappa shape index (κ3) is 68.3. The van der Waals surface area contributed by atoms with E-state index in [-0.39, 0.29) is 108 Å². The average molecular weight is 583 g/mol. The Morgan fingerprint density at radius 2 is 0.487 bits per heavy atom. The molecule has 0 bridgehead atoms. The van der Waals surface area contributed by atoms with E-state index in [0.717, 1.165) is 38.5 Å². The number of hydrogen-bond donors (Lipinski definition) is 0. The van der Waals surface area contributed by atoms with Crippen LogP contribution in [-0.4, -0.2) is 17.9 Å². The summed E-state index contributed by atoms with van der Waals surface area (Å²) < 4.78 is 0. The van der Waals surface area contributed by atoms with Crippen LogP contribution in [0.15, 0.2) is 0 Å². The molecule has 0 aliphatic rings. The van der Waals surface area contributed by atoms with Gasteiger partial charge in [-0.3, -0.25) is 0 Å². The van der Waals surface area contributed by atoms with Crippen molar-refractivity contribution in [3.8, 4) is 0 Å². The Morgan fingerprint density at radius 3 is 0.641 bits per heavy atom. The maximum Gasteiger partial charge on any atom is 1.00 e. The van der Waals surface area contributed by atoms with Crippen LogP contribution in [0.25, 0.3) is 0 Å². The number of aliphatic carboxylic acids is 3. The molecule has 0 aromatic heterocycles. The number of carboxylic acids is 3. The number of carbonyl (C=O) groups is 3. The van der Waals surface area contributed by atoms with Crippen molar-refractivity contribution in [3.05, 3.63) is 0 Å². The molecule has 0 N–H and O–H groups in total. The van der Waals surface area contributed by atoms with Crippen molar-refractivity contribution in [2.45, 2.75) is 175 Å². The number of carboxylic acid groups (broad SMARTS) is 3. The van der Waals surface area contributed by atoms with Gasteiger partial charge in [0.05, 0.1) is 0 Å². The van der Waals surface area contributed by atoms with Gasteiger partial charge in [0, 0.05) is 17.9 Å². The summed E-state index contributed by atoms with van der Waals surface area (Å²) in [6, 6.07) is 0. The summed E-state index contributed by atoms with van der Waals surface area (Å²) in [6.45, 7) is 6.57. The van der Waals surface area contributed by atoms with Gasteiger partial charge in [0.1, 0.15) is 0 Å². The van der Waals surface area contributed by atoms with Gasteiger partial charge in [-0.25, -0.2) is 0 Å². The monoisotopic (exact) mass is 582 g/mol. The summed E-state index contributed by atoms with van der Waals surface area (Å²) in [5, 5.41) is 30.1. The average Bonchev–Trinajstić information content (AvgIpc) is 2.83. The van der Waals surface area contributed by atoms with Crippen molar-refractivity contribution < 1.29 is 118 Å². The van der Waals surface area contributed by atoms with Gasteiger partial charge in [-0.15, -0.1) is 0 Å². The molecule has 0 saturated carbocycles. The predicted molar refractivity (Wildman–Crippen MR) is 143 cm³/mol. The van der Waals surface area contributed by atoms with Gasteiger partial charge in [-0.1, -0.05) is 136 Å². The van der Waals surface area contributed by atoms with E-state index in [1.165, 1.54) is 96.3 Å². The first-order valence-electron chi connectivity index (χ1n) is 14.9. The topological polar surface area (TPSA) is 120 Å². The zero-order valence-corrected chi connectivity index (χ0v) is 32.9. The molecule has 0 aromatic carbocycles. The molecule has 0 aliphatic carbocycles. The summed E-state index contributed by atoms with van der Waals surface area (Å²) in [6.07, 6.45) is 25.0. The molecule has 6 nitrogen and oxygen atoms in total. The van der Waals surface area contributed by atoms with Crippen LogP contribution in [0.2, 0.25) is 0 Å². The van der Waals surface area contributed by atoms with Gasteiger partial charge in [-0.2, -0.15) is 0 Å². The molecule has 9 heteroatoms. The fourth-order valence-electron chi connectivity index (χ4n) is 3.68. The molecule has 39 heavy (non-hydrogen) atoms. The molecule has 0 unspecified atom stereocenters. The van der Waals surface area contributed by atoms with Gasteiger partial charge in [0.2, 0.25) is 0 Å². The smallest absolute Gasteiger partial charge is 0.550 e. The van der Waals surface area contributed by atoms with E-state index in [0.29, 0.717) is 0 Å². The van der Waals surface area contributed by atoms with Crippen LogP contribution in [0.3, 0.4) is 0 Å². The maximum absolute atomic E-state index is 10.0. The second-order valence-corrected chi connectivity index (χ2v) is 9.73. The Hall–Kier alpha value is 1.41. The Kier molecular flexibility index (Phi) is 66.7. The van der Waals surface area contributed by atoms with Crippen LogP contribution in [-0.2, 0) is 14.4 Å².